The number of carboxylic acid groups (broad SMARTS) is 1. The van der Waals surface area contributed by atoms with Gasteiger partial charge in [-0.2, -0.15) is 4.80 Å². The Morgan fingerprint density at radius 3 is 2.43 bits per heavy atom. The lowest BCUT2D eigenvalue weighted by molar-refractivity contribution is -0.253. The minimum absolute atomic E-state index is 0.113. The smallest absolute Gasteiger partial charge is 0.307 e. The Bertz CT molecular complexity index is 1410. The number of aryl methyl sites for hydroxylation is 1. The van der Waals surface area contributed by atoms with Gasteiger partial charge < -0.3 is 20.3 Å². The summed E-state index contributed by atoms with van der Waals surface area (Å²) in [5, 5.41) is 24.7. The number of hydrogen-bond acceptors (Lipinski definition) is 7. The number of carboxylic acids is 1. The van der Waals surface area contributed by atoms with E-state index in [0.29, 0.717) is 49.3 Å². The molecule has 0 spiro atoms. The third-order valence-corrected chi connectivity index (χ3v) is 15.8. The second-order valence-corrected chi connectivity index (χ2v) is 18.7. The van der Waals surface area contributed by atoms with E-state index in [0.717, 1.165) is 38.5 Å². The van der Waals surface area contributed by atoms with Crippen molar-refractivity contribution in [1.82, 2.24) is 20.2 Å². The zero-order valence-electron chi connectivity index (χ0n) is 31.1. The van der Waals surface area contributed by atoms with Gasteiger partial charge in [0.25, 0.3) is 0 Å². The van der Waals surface area contributed by atoms with E-state index in [4.69, 9.17) is 20.3 Å². The van der Waals surface area contributed by atoms with E-state index < -0.39 is 17.4 Å². The van der Waals surface area contributed by atoms with Gasteiger partial charge in [0.2, 0.25) is 0 Å². The van der Waals surface area contributed by atoms with Crippen LogP contribution in [0.4, 0.5) is 0 Å². The highest BCUT2D eigenvalue weighted by Gasteiger charge is 2.72. The number of rotatable bonds is 8. The maximum absolute atomic E-state index is 13.4. The molecule has 1 aromatic rings. The Labute approximate surface area is 283 Å². The molecule has 4 aliphatic carbocycles. The Hall–Kier alpha value is -1.84. The maximum Gasteiger partial charge on any atom is 0.307 e. The van der Waals surface area contributed by atoms with E-state index in [2.05, 4.69) is 85.6 Å². The summed E-state index contributed by atoms with van der Waals surface area (Å²) in [6, 6.07) is -0.113. The molecule has 47 heavy (non-hydrogen) atoms. The maximum atomic E-state index is 13.4. The van der Waals surface area contributed by atoms with Crippen molar-refractivity contribution in [1.29, 1.82) is 0 Å². The molecule has 3 N–H and O–H groups in total. The van der Waals surface area contributed by atoms with Crippen LogP contribution >= 0.6 is 0 Å². The normalized spacial score (nSPS) is 45.0. The van der Waals surface area contributed by atoms with Crippen LogP contribution in [-0.2, 0) is 14.3 Å². The summed E-state index contributed by atoms with van der Waals surface area (Å²) < 4.78 is 13.6. The van der Waals surface area contributed by atoms with E-state index in [1.165, 1.54) is 5.57 Å². The SMILES string of the molecule is Cc1nnn([C@@H]2C[C@@]34COC[C@](C)([C@@H]3CC[C@H]3C4=CC[C@@]4(C)C(C(=O)O)[C@@](C)([C@H](C)C(C)C)CC[C@]34C)[C@H]2OC[C@](C)(N)C(C)C)n1. The van der Waals surface area contributed by atoms with Gasteiger partial charge in [-0.1, -0.05) is 74.0 Å². The fraction of sp³-hybridized carbons (Fsp3) is 0.895. The van der Waals surface area contributed by atoms with Crippen molar-refractivity contribution in [2.24, 2.45) is 68.3 Å². The molecule has 0 amide bonds. The van der Waals surface area contributed by atoms with Gasteiger partial charge in [-0.25, -0.2) is 0 Å². The molecule has 2 bridgehead atoms. The molecule has 1 saturated heterocycles. The molecule has 2 heterocycles. The van der Waals surface area contributed by atoms with Crippen molar-refractivity contribution >= 4 is 5.97 Å². The van der Waals surface area contributed by atoms with Crippen molar-refractivity contribution in [3.05, 3.63) is 17.5 Å². The number of carbonyl (C=O) groups is 1. The van der Waals surface area contributed by atoms with E-state index >= 15 is 0 Å². The minimum atomic E-state index is -0.621. The lowest BCUT2D eigenvalue weighted by Crippen LogP contribution is -2.69. The summed E-state index contributed by atoms with van der Waals surface area (Å²) in [5.74, 6) is 1.32. The largest absolute Gasteiger partial charge is 0.481 e. The topological polar surface area (TPSA) is 125 Å². The standard InChI is InChI=1S/C38H63N5O4/c1-22(2)24(5)33(7)16-17-35(9)26-12-13-29-34(8)19-46-21-38(29,27(26)14-15-36(35,10)30(33)32(44)45)18-28(43-41-25(6)40-42-43)31(34)47-20-37(11,39)23(3)4/h14,22-24,26,28-31H,12-13,15-21,39H2,1-11H3,(H,44,45)/t24-,26+,28-,29+,30?,31+,33-,34-,35-,36+,37+,38+/m1/s1. The molecule has 12 atom stereocenters. The second kappa shape index (κ2) is 11.3. The fourth-order valence-corrected chi connectivity index (χ4v) is 12.0. The van der Waals surface area contributed by atoms with Crippen LogP contribution in [0, 0.1) is 69.5 Å². The minimum Gasteiger partial charge on any atom is -0.481 e. The molecule has 5 aliphatic rings. The van der Waals surface area contributed by atoms with E-state index in [1.807, 2.05) is 11.7 Å². The first-order valence-electron chi connectivity index (χ1n) is 18.5. The molecular formula is C38H63N5O4. The van der Waals surface area contributed by atoms with Crippen molar-refractivity contribution in [2.75, 3.05) is 19.8 Å². The third kappa shape index (κ3) is 4.85. The Morgan fingerprint density at radius 1 is 1.13 bits per heavy atom. The van der Waals surface area contributed by atoms with Gasteiger partial charge in [0.05, 0.1) is 31.8 Å². The van der Waals surface area contributed by atoms with E-state index in [-0.39, 0.29) is 45.1 Å². The van der Waals surface area contributed by atoms with Crippen molar-refractivity contribution in [3.8, 4) is 0 Å². The van der Waals surface area contributed by atoms with Gasteiger partial charge in [0.1, 0.15) is 6.04 Å². The summed E-state index contributed by atoms with van der Waals surface area (Å²) in [7, 11) is 0. The number of aromatic nitrogens is 4. The zero-order valence-corrected chi connectivity index (χ0v) is 31.1. The molecule has 1 aliphatic heterocycles. The molecule has 9 nitrogen and oxygen atoms in total. The summed E-state index contributed by atoms with van der Waals surface area (Å²) in [4.78, 5) is 15.2. The second-order valence-electron chi connectivity index (χ2n) is 18.7. The van der Waals surface area contributed by atoms with Gasteiger partial charge in [0.15, 0.2) is 5.82 Å². The van der Waals surface area contributed by atoms with Crippen molar-refractivity contribution in [3.63, 3.8) is 0 Å². The monoisotopic (exact) mass is 653 g/mol. The van der Waals surface area contributed by atoms with E-state index in [1.54, 1.807) is 0 Å². The quantitative estimate of drug-likeness (QED) is 0.291. The Morgan fingerprint density at radius 2 is 1.83 bits per heavy atom. The van der Waals surface area contributed by atoms with Crippen LogP contribution in [0.3, 0.4) is 0 Å². The van der Waals surface area contributed by atoms with Gasteiger partial charge >= 0.3 is 5.97 Å². The number of nitrogens with zero attached hydrogens (tertiary/aromatic N) is 4. The first kappa shape index (κ1) is 35.0. The van der Waals surface area contributed by atoms with Crippen LogP contribution in [0.2, 0.25) is 0 Å². The number of ether oxygens (including phenoxy) is 2. The highest BCUT2D eigenvalue weighted by atomic mass is 16.5. The average Bonchev–Trinajstić information content (AvgIpc) is 3.42. The predicted octanol–water partition coefficient (Wildman–Crippen LogP) is 6.87. The molecule has 3 saturated carbocycles. The molecule has 6 rings (SSSR count). The lowest BCUT2D eigenvalue weighted by atomic mass is 9.34. The fourth-order valence-electron chi connectivity index (χ4n) is 12.0. The van der Waals surface area contributed by atoms with Crippen LogP contribution in [-0.4, -0.2) is 62.7 Å². The molecule has 0 aromatic carbocycles. The molecule has 1 unspecified atom stereocenters. The zero-order chi connectivity index (χ0) is 34.5. The number of tetrazole rings is 1. The number of aliphatic carboxylic acids is 1. The van der Waals surface area contributed by atoms with Crippen molar-refractivity contribution in [2.45, 2.75) is 132 Å². The number of hydrogen-bond donors (Lipinski definition) is 2. The summed E-state index contributed by atoms with van der Waals surface area (Å²) >= 11 is 0. The molecule has 4 fully saturated rings. The summed E-state index contributed by atoms with van der Waals surface area (Å²) in [5.41, 5.74) is 6.61. The molecular weight excluding hydrogens is 590 g/mol. The number of fused-ring (bicyclic) bond motifs is 3. The summed E-state index contributed by atoms with van der Waals surface area (Å²) in [6.07, 6.45) is 8.06. The van der Waals surface area contributed by atoms with Crippen LogP contribution in [0.25, 0.3) is 0 Å². The van der Waals surface area contributed by atoms with Gasteiger partial charge in [0, 0.05) is 16.4 Å². The van der Waals surface area contributed by atoms with Crippen molar-refractivity contribution < 1.29 is 19.4 Å². The van der Waals surface area contributed by atoms with Crippen LogP contribution in [0.15, 0.2) is 11.6 Å². The molecule has 9 heteroatoms. The highest BCUT2D eigenvalue weighted by molar-refractivity contribution is 5.73. The van der Waals surface area contributed by atoms with E-state index in [9.17, 15) is 9.90 Å². The van der Waals surface area contributed by atoms with Gasteiger partial charge in [-0.15, -0.1) is 10.2 Å². The predicted molar refractivity (Wildman–Crippen MR) is 182 cm³/mol. The number of nitrogens with two attached hydrogens (primary N) is 1. The summed E-state index contributed by atoms with van der Waals surface area (Å²) in [6.45, 7) is 26.2. The Kier molecular flexibility index (Phi) is 8.45. The third-order valence-electron chi connectivity index (χ3n) is 15.8. The molecule has 264 valence electrons. The van der Waals surface area contributed by atoms with Gasteiger partial charge in [-0.05, 0) is 103 Å². The van der Waals surface area contributed by atoms with Gasteiger partial charge in [-0.3, -0.25) is 4.79 Å². The average molecular weight is 654 g/mol. The first-order valence-corrected chi connectivity index (χ1v) is 18.5. The molecule has 1 aromatic heterocycles. The highest BCUT2D eigenvalue weighted by Crippen LogP contribution is 2.75. The Balaban J connectivity index is 1.44. The molecule has 0 radical (unpaired) electrons. The first-order chi connectivity index (χ1) is 21.8. The lowest BCUT2D eigenvalue weighted by Gasteiger charge is -2.71. The van der Waals surface area contributed by atoms with Crippen LogP contribution in [0.1, 0.15) is 120 Å². The van der Waals surface area contributed by atoms with Crippen LogP contribution in [0.5, 0.6) is 0 Å². The van der Waals surface area contributed by atoms with Crippen LogP contribution < -0.4 is 5.73 Å². The number of allylic oxidation sites excluding steroid dienone is 1.